The van der Waals surface area contributed by atoms with Crippen LogP contribution >= 0.6 is 0 Å². The molecule has 1 fully saturated rings. The van der Waals surface area contributed by atoms with Crippen molar-refractivity contribution >= 4 is 17.4 Å². The van der Waals surface area contributed by atoms with Crippen molar-refractivity contribution in [1.82, 2.24) is 4.90 Å². The van der Waals surface area contributed by atoms with Gasteiger partial charge in [0, 0.05) is 23.7 Å². The van der Waals surface area contributed by atoms with Crippen LogP contribution < -0.4 is 9.47 Å². The lowest BCUT2D eigenvalue weighted by atomic mass is 9.94. The van der Waals surface area contributed by atoms with Crippen LogP contribution in [-0.4, -0.2) is 35.9 Å². The van der Waals surface area contributed by atoms with E-state index in [4.69, 9.17) is 9.47 Å². The van der Waals surface area contributed by atoms with Crippen LogP contribution in [0.1, 0.15) is 22.7 Å². The van der Waals surface area contributed by atoms with Gasteiger partial charge in [0.15, 0.2) is 0 Å². The van der Waals surface area contributed by atoms with Crippen LogP contribution in [0.2, 0.25) is 0 Å². The number of methoxy groups -OCH3 is 2. The zero-order chi connectivity index (χ0) is 22.7. The van der Waals surface area contributed by atoms with Gasteiger partial charge in [-0.25, -0.2) is 0 Å². The summed E-state index contributed by atoms with van der Waals surface area (Å²) in [6.07, 6.45) is 0. The summed E-state index contributed by atoms with van der Waals surface area (Å²) in [4.78, 5) is 27.7. The SMILES string of the molecule is COc1ccc(C2/C(=C(/O)c3ccccc3)C(=O)C(=O)N2Cc2ccccc2)c(OC)c1. The fraction of sp³-hybridized carbons (Fsp3) is 0.154. The molecule has 1 saturated heterocycles. The lowest BCUT2D eigenvalue weighted by Crippen LogP contribution is -2.29. The Morgan fingerprint density at radius 3 is 2.19 bits per heavy atom. The van der Waals surface area contributed by atoms with E-state index in [1.54, 1.807) is 49.6 Å². The number of amides is 1. The molecule has 162 valence electrons. The number of hydrogen-bond acceptors (Lipinski definition) is 5. The summed E-state index contributed by atoms with van der Waals surface area (Å²) in [6, 6.07) is 22.5. The molecule has 6 heteroatoms. The number of carbonyl (C=O) groups is 2. The first-order valence-corrected chi connectivity index (χ1v) is 10.1. The van der Waals surface area contributed by atoms with Crippen LogP contribution in [0.3, 0.4) is 0 Å². The van der Waals surface area contributed by atoms with E-state index in [2.05, 4.69) is 0 Å². The van der Waals surface area contributed by atoms with Gasteiger partial charge in [-0.2, -0.15) is 0 Å². The van der Waals surface area contributed by atoms with E-state index >= 15 is 0 Å². The molecule has 0 spiro atoms. The molecular formula is C26H23NO5. The molecule has 1 amide bonds. The first-order valence-electron chi connectivity index (χ1n) is 10.1. The van der Waals surface area contributed by atoms with E-state index < -0.39 is 17.7 Å². The van der Waals surface area contributed by atoms with E-state index in [-0.39, 0.29) is 17.9 Å². The highest BCUT2D eigenvalue weighted by atomic mass is 16.5. The summed E-state index contributed by atoms with van der Waals surface area (Å²) in [7, 11) is 3.06. The number of aliphatic hydroxyl groups is 1. The van der Waals surface area contributed by atoms with E-state index in [0.29, 0.717) is 22.6 Å². The first kappa shape index (κ1) is 21.2. The van der Waals surface area contributed by atoms with Crippen molar-refractivity contribution in [3.05, 3.63) is 101 Å². The Kier molecular flexibility index (Phi) is 5.94. The molecule has 3 aromatic carbocycles. The highest BCUT2D eigenvalue weighted by Gasteiger charge is 2.47. The summed E-state index contributed by atoms with van der Waals surface area (Å²) in [5.41, 5.74) is 1.94. The maximum atomic E-state index is 13.2. The predicted octanol–water partition coefficient (Wildman–Crippen LogP) is 4.33. The summed E-state index contributed by atoms with van der Waals surface area (Å²) in [5.74, 6) is -0.594. The molecule has 32 heavy (non-hydrogen) atoms. The van der Waals surface area contributed by atoms with Crippen molar-refractivity contribution in [1.29, 1.82) is 0 Å². The molecule has 0 saturated carbocycles. The van der Waals surface area contributed by atoms with Crippen LogP contribution in [-0.2, 0) is 16.1 Å². The van der Waals surface area contributed by atoms with Crippen LogP contribution in [0, 0.1) is 0 Å². The zero-order valence-corrected chi connectivity index (χ0v) is 17.8. The lowest BCUT2D eigenvalue weighted by molar-refractivity contribution is -0.140. The molecule has 1 aliphatic heterocycles. The molecule has 1 heterocycles. The monoisotopic (exact) mass is 429 g/mol. The topological polar surface area (TPSA) is 76.1 Å². The second-order valence-electron chi connectivity index (χ2n) is 7.39. The van der Waals surface area contributed by atoms with Gasteiger partial charge in [-0.15, -0.1) is 0 Å². The first-order chi connectivity index (χ1) is 15.5. The zero-order valence-electron chi connectivity index (χ0n) is 17.8. The maximum Gasteiger partial charge on any atom is 0.295 e. The Labute approximate surface area is 186 Å². The highest BCUT2D eigenvalue weighted by molar-refractivity contribution is 6.46. The Morgan fingerprint density at radius 1 is 0.906 bits per heavy atom. The molecule has 0 radical (unpaired) electrons. The quantitative estimate of drug-likeness (QED) is 0.359. The number of Topliss-reactive ketones (excluding diaryl/α,β-unsaturated/α-hetero) is 1. The highest BCUT2D eigenvalue weighted by Crippen LogP contribution is 2.44. The van der Waals surface area contributed by atoms with Gasteiger partial charge in [-0.3, -0.25) is 9.59 Å². The molecule has 0 aliphatic carbocycles. The van der Waals surface area contributed by atoms with Gasteiger partial charge in [-0.05, 0) is 17.7 Å². The second-order valence-corrected chi connectivity index (χ2v) is 7.39. The third kappa shape index (κ3) is 3.83. The Hall–Kier alpha value is -4.06. The van der Waals surface area contributed by atoms with Crippen molar-refractivity contribution in [2.24, 2.45) is 0 Å². The molecule has 6 nitrogen and oxygen atoms in total. The fourth-order valence-electron chi connectivity index (χ4n) is 3.94. The van der Waals surface area contributed by atoms with Crippen molar-refractivity contribution in [3.63, 3.8) is 0 Å². The Bertz CT molecular complexity index is 1170. The minimum absolute atomic E-state index is 0.0283. The average Bonchev–Trinajstić information content (AvgIpc) is 3.09. The van der Waals surface area contributed by atoms with Crippen molar-refractivity contribution < 1.29 is 24.2 Å². The lowest BCUT2D eigenvalue weighted by Gasteiger charge is -2.27. The van der Waals surface area contributed by atoms with Crippen molar-refractivity contribution in [2.45, 2.75) is 12.6 Å². The third-order valence-electron chi connectivity index (χ3n) is 5.52. The minimum Gasteiger partial charge on any atom is -0.507 e. The molecule has 0 bridgehead atoms. The molecule has 4 rings (SSSR count). The number of carbonyl (C=O) groups excluding carboxylic acids is 2. The third-order valence-corrected chi connectivity index (χ3v) is 5.52. The van der Waals surface area contributed by atoms with Gasteiger partial charge in [0.05, 0.1) is 25.8 Å². The summed E-state index contributed by atoms with van der Waals surface area (Å²) < 4.78 is 10.9. The van der Waals surface area contributed by atoms with Gasteiger partial charge in [0.2, 0.25) is 0 Å². The Morgan fingerprint density at radius 2 is 1.56 bits per heavy atom. The largest absolute Gasteiger partial charge is 0.507 e. The molecular weight excluding hydrogens is 406 g/mol. The standard InChI is InChI=1S/C26H23NO5/c1-31-19-13-14-20(21(15-19)32-2)23-22(24(28)18-11-7-4-8-12-18)25(29)26(30)27(23)16-17-9-5-3-6-10-17/h3-15,23,28H,16H2,1-2H3/b24-22-. The molecule has 1 atom stereocenters. The van der Waals surface area contributed by atoms with E-state index in [1.807, 2.05) is 36.4 Å². The number of rotatable bonds is 6. The molecule has 1 aliphatic rings. The fourth-order valence-corrected chi connectivity index (χ4v) is 3.94. The number of benzene rings is 3. The summed E-state index contributed by atoms with van der Waals surface area (Å²) in [5, 5.41) is 11.1. The molecule has 1 N–H and O–H groups in total. The number of ketones is 1. The average molecular weight is 429 g/mol. The smallest absolute Gasteiger partial charge is 0.295 e. The van der Waals surface area contributed by atoms with Crippen LogP contribution in [0.15, 0.2) is 84.4 Å². The number of hydrogen-bond donors (Lipinski definition) is 1. The van der Waals surface area contributed by atoms with Crippen LogP contribution in [0.25, 0.3) is 5.76 Å². The van der Waals surface area contributed by atoms with Crippen LogP contribution in [0.4, 0.5) is 0 Å². The van der Waals surface area contributed by atoms with E-state index in [0.717, 1.165) is 5.56 Å². The van der Waals surface area contributed by atoms with Gasteiger partial charge in [-0.1, -0.05) is 60.7 Å². The van der Waals surface area contributed by atoms with Gasteiger partial charge < -0.3 is 19.5 Å². The number of nitrogens with zero attached hydrogens (tertiary/aromatic N) is 1. The molecule has 3 aromatic rings. The molecule has 0 aromatic heterocycles. The normalized spacial score (nSPS) is 17.4. The maximum absolute atomic E-state index is 13.2. The van der Waals surface area contributed by atoms with Gasteiger partial charge in [0.1, 0.15) is 17.3 Å². The van der Waals surface area contributed by atoms with Crippen molar-refractivity contribution in [3.8, 4) is 11.5 Å². The Balaban J connectivity index is 1.91. The van der Waals surface area contributed by atoms with Gasteiger partial charge >= 0.3 is 0 Å². The number of ether oxygens (including phenoxy) is 2. The second kappa shape index (κ2) is 8.98. The summed E-state index contributed by atoms with van der Waals surface area (Å²) in [6.45, 7) is 0.205. The van der Waals surface area contributed by atoms with Gasteiger partial charge in [0.25, 0.3) is 11.7 Å². The van der Waals surface area contributed by atoms with E-state index in [1.165, 1.54) is 12.0 Å². The number of likely N-dealkylation sites (tertiary alicyclic amines) is 1. The van der Waals surface area contributed by atoms with E-state index in [9.17, 15) is 14.7 Å². The predicted molar refractivity (Wildman–Crippen MR) is 120 cm³/mol. The summed E-state index contributed by atoms with van der Waals surface area (Å²) >= 11 is 0. The van der Waals surface area contributed by atoms with Crippen LogP contribution in [0.5, 0.6) is 11.5 Å². The minimum atomic E-state index is -0.823. The number of aliphatic hydroxyl groups excluding tert-OH is 1. The molecule has 1 unspecified atom stereocenters. The van der Waals surface area contributed by atoms with Crippen molar-refractivity contribution in [2.75, 3.05) is 14.2 Å².